The molecule has 0 bridgehead atoms. The fraction of sp³-hybridized carbons (Fsp3) is 0.571. The molecule has 112 valence electrons. The summed E-state index contributed by atoms with van der Waals surface area (Å²) in [5.41, 5.74) is 6.43. The van der Waals surface area contributed by atoms with Gasteiger partial charge in [0.05, 0.1) is 4.90 Å². The zero-order valence-corrected chi connectivity index (χ0v) is 12.7. The van der Waals surface area contributed by atoms with E-state index in [4.69, 9.17) is 5.73 Å². The highest BCUT2D eigenvalue weighted by Crippen LogP contribution is 2.25. The van der Waals surface area contributed by atoms with Gasteiger partial charge in [0.1, 0.15) is 0 Å². The molecule has 0 aromatic heterocycles. The molecule has 0 aliphatic heterocycles. The van der Waals surface area contributed by atoms with Crippen LogP contribution in [0.3, 0.4) is 0 Å². The fourth-order valence-corrected chi connectivity index (χ4v) is 3.27. The average molecular weight is 297 g/mol. The molecule has 0 unspecified atom stereocenters. The van der Waals surface area contributed by atoms with Crippen LogP contribution in [0.15, 0.2) is 29.2 Å². The molecule has 1 aliphatic carbocycles. The highest BCUT2D eigenvalue weighted by Gasteiger charge is 2.27. The minimum Gasteiger partial charge on any atom is -0.326 e. The van der Waals surface area contributed by atoms with E-state index in [1.165, 1.54) is 12.8 Å². The lowest BCUT2D eigenvalue weighted by atomic mass is 10.2. The maximum absolute atomic E-state index is 12.1. The van der Waals surface area contributed by atoms with E-state index < -0.39 is 10.0 Å². The van der Waals surface area contributed by atoms with E-state index in [1.807, 2.05) is 0 Å². The third kappa shape index (κ3) is 4.02. The molecule has 2 rings (SSSR count). The van der Waals surface area contributed by atoms with E-state index in [1.54, 1.807) is 24.3 Å². The first-order chi connectivity index (χ1) is 9.56. The van der Waals surface area contributed by atoms with Gasteiger partial charge in [-0.15, -0.1) is 0 Å². The molecule has 1 aliphatic rings. The zero-order chi connectivity index (χ0) is 14.6. The molecule has 0 heterocycles. The third-order valence-electron chi connectivity index (χ3n) is 3.63. The molecule has 5 nitrogen and oxygen atoms in total. The van der Waals surface area contributed by atoms with E-state index >= 15 is 0 Å². The van der Waals surface area contributed by atoms with Crippen LogP contribution >= 0.6 is 0 Å². The number of sulfonamides is 1. The van der Waals surface area contributed by atoms with E-state index in [2.05, 4.69) is 16.5 Å². The first-order valence-electron chi connectivity index (χ1n) is 7.09. The average Bonchev–Trinajstić information content (AvgIpc) is 3.28. The summed E-state index contributed by atoms with van der Waals surface area (Å²) in [7, 11) is -3.41. The summed E-state index contributed by atoms with van der Waals surface area (Å²) < 4.78 is 26.9. The molecule has 1 saturated carbocycles. The third-order valence-corrected chi connectivity index (χ3v) is 5.11. The molecule has 3 N–H and O–H groups in total. The summed E-state index contributed by atoms with van der Waals surface area (Å²) in [6.07, 6.45) is 2.47. The van der Waals surface area contributed by atoms with Crippen LogP contribution in [0, 0.1) is 0 Å². The van der Waals surface area contributed by atoms with Crippen molar-refractivity contribution in [2.24, 2.45) is 5.73 Å². The van der Waals surface area contributed by atoms with E-state index in [0.29, 0.717) is 24.0 Å². The van der Waals surface area contributed by atoms with Crippen molar-refractivity contribution in [3.63, 3.8) is 0 Å². The monoisotopic (exact) mass is 297 g/mol. The molecule has 1 aromatic carbocycles. The first kappa shape index (κ1) is 15.4. The quantitative estimate of drug-likeness (QED) is 0.748. The fourth-order valence-electron chi connectivity index (χ4n) is 2.25. The summed E-state index contributed by atoms with van der Waals surface area (Å²) >= 11 is 0. The predicted octanol–water partition coefficient (Wildman–Crippen LogP) is 0.908. The van der Waals surface area contributed by atoms with Gasteiger partial charge in [0.25, 0.3) is 0 Å². The summed E-state index contributed by atoms with van der Waals surface area (Å²) in [6, 6.07) is 7.36. The van der Waals surface area contributed by atoms with Gasteiger partial charge in [-0.25, -0.2) is 13.1 Å². The summed E-state index contributed by atoms with van der Waals surface area (Å²) in [5.74, 6) is 0. The van der Waals surface area contributed by atoms with Gasteiger partial charge in [0.2, 0.25) is 10.0 Å². The van der Waals surface area contributed by atoms with Gasteiger partial charge in [-0.05, 0) is 37.1 Å². The van der Waals surface area contributed by atoms with Crippen molar-refractivity contribution in [1.82, 2.24) is 9.62 Å². The number of rotatable bonds is 8. The lowest BCUT2D eigenvalue weighted by Crippen LogP contribution is -2.36. The number of benzene rings is 1. The standard InChI is InChI=1S/C14H23N3O2S/c1-2-17(13-5-6-13)10-9-16-20(18,19)14-7-3-12(11-15)4-8-14/h3-4,7-8,13,16H,2,5-6,9-11,15H2,1H3. The van der Waals surface area contributed by atoms with Gasteiger partial charge in [0.15, 0.2) is 0 Å². The smallest absolute Gasteiger partial charge is 0.240 e. The Bertz CT molecular complexity index is 524. The zero-order valence-electron chi connectivity index (χ0n) is 11.9. The highest BCUT2D eigenvalue weighted by molar-refractivity contribution is 7.89. The Kier molecular flexibility index (Phi) is 5.15. The van der Waals surface area contributed by atoms with Gasteiger partial charge in [-0.2, -0.15) is 0 Å². The topological polar surface area (TPSA) is 75.4 Å². The SMILES string of the molecule is CCN(CCNS(=O)(=O)c1ccc(CN)cc1)C1CC1. The van der Waals surface area contributed by atoms with Crippen molar-refractivity contribution in [3.05, 3.63) is 29.8 Å². The van der Waals surface area contributed by atoms with Crippen molar-refractivity contribution in [3.8, 4) is 0 Å². The van der Waals surface area contributed by atoms with Crippen LogP contribution in [0.2, 0.25) is 0 Å². The molecule has 1 fully saturated rings. The second-order valence-corrected chi connectivity index (χ2v) is 6.87. The first-order valence-corrected chi connectivity index (χ1v) is 8.58. The predicted molar refractivity (Wildman–Crippen MR) is 79.8 cm³/mol. The van der Waals surface area contributed by atoms with Crippen molar-refractivity contribution in [2.45, 2.75) is 37.2 Å². The molecule has 0 saturated heterocycles. The molecular formula is C14H23N3O2S. The molecule has 0 atom stereocenters. The lowest BCUT2D eigenvalue weighted by Gasteiger charge is -2.19. The van der Waals surface area contributed by atoms with Gasteiger partial charge in [-0.3, -0.25) is 4.90 Å². The van der Waals surface area contributed by atoms with Crippen molar-refractivity contribution < 1.29 is 8.42 Å². The summed E-state index contributed by atoms with van der Waals surface area (Å²) in [6.45, 7) is 4.71. The van der Waals surface area contributed by atoms with Crippen LogP contribution in [0.4, 0.5) is 0 Å². The van der Waals surface area contributed by atoms with Gasteiger partial charge in [0, 0.05) is 25.7 Å². The van der Waals surface area contributed by atoms with Crippen LogP contribution in [-0.4, -0.2) is 39.0 Å². The summed E-state index contributed by atoms with van der Waals surface area (Å²) in [4.78, 5) is 2.62. The number of hydrogen-bond acceptors (Lipinski definition) is 4. The maximum atomic E-state index is 12.1. The Hall–Kier alpha value is -0.950. The number of hydrogen-bond donors (Lipinski definition) is 2. The Morgan fingerprint density at radius 3 is 2.45 bits per heavy atom. The molecule has 0 spiro atoms. The Morgan fingerprint density at radius 1 is 1.30 bits per heavy atom. The van der Waals surface area contributed by atoms with Gasteiger partial charge in [-0.1, -0.05) is 19.1 Å². The molecule has 0 amide bonds. The van der Waals surface area contributed by atoms with Crippen molar-refractivity contribution >= 4 is 10.0 Å². The summed E-state index contributed by atoms with van der Waals surface area (Å²) in [5, 5.41) is 0. The van der Waals surface area contributed by atoms with Gasteiger partial charge >= 0.3 is 0 Å². The normalized spacial score (nSPS) is 15.8. The number of nitrogens with zero attached hydrogens (tertiary/aromatic N) is 1. The minimum atomic E-state index is -3.41. The Labute approximate surface area is 121 Å². The van der Waals surface area contributed by atoms with Crippen LogP contribution < -0.4 is 10.5 Å². The van der Waals surface area contributed by atoms with Gasteiger partial charge < -0.3 is 5.73 Å². The number of nitrogens with one attached hydrogen (secondary N) is 1. The van der Waals surface area contributed by atoms with E-state index in [9.17, 15) is 8.42 Å². The molecule has 20 heavy (non-hydrogen) atoms. The maximum Gasteiger partial charge on any atom is 0.240 e. The van der Waals surface area contributed by atoms with Crippen LogP contribution in [-0.2, 0) is 16.6 Å². The van der Waals surface area contributed by atoms with Crippen LogP contribution in [0.5, 0.6) is 0 Å². The van der Waals surface area contributed by atoms with Crippen molar-refractivity contribution in [2.75, 3.05) is 19.6 Å². The minimum absolute atomic E-state index is 0.296. The Morgan fingerprint density at radius 2 is 1.95 bits per heavy atom. The lowest BCUT2D eigenvalue weighted by molar-refractivity contribution is 0.282. The van der Waals surface area contributed by atoms with E-state index in [-0.39, 0.29) is 0 Å². The van der Waals surface area contributed by atoms with Crippen LogP contribution in [0.25, 0.3) is 0 Å². The van der Waals surface area contributed by atoms with E-state index in [0.717, 1.165) is 18.7 Å². The second kappa shape index (κ2) is 6.67. The van der Waals surface area contributed by atoms with Crippen LogP contribution in [0.1, 0.15) is 25.3 Å². The Balaban J connectivity index is 1.89. The second-order valence-electron chi connectivity index (χ2n) is 5.11. The molecule has 0 radical (unpaired) electrons. The molecule has 1 aromatic rings. The van der Waals surface area contributed by atoms with Crippen molar-refractivity contribution in [1.29, 1.82) is 0 Å². The highest BCUT2D eigenvalue weighted by atomic mass is 32.2. The molecule has 6 heteroatoms. The number of nitrogens with two attached hydrogens (primary N) is 1. The number of likely N-dealkylation sites (N-methyl/N-ethyl adjacent to an activating group) is 1. The largest absolute Gasteiger partial charge is 0.326 e. The molecular weight excluding hydrogens is 274 g/mol.